The maximum atomic E-state index is 10.0. The molecule has 0 aliphatic heterocycles. The number of ketones is 1. The number of nitrogens with zero attached hydrogens (tertiary/aromatic N) is 9. The van der Waals surface area contributed by atoms with Crippen LogP contribution in [-0.4, -0.2) is 54.5 Å². The Balaban J connectivity index is 0.000000263. The van der Waals surface area contributed by atoms with Crippen molar-refractivity contribution in [3.05, 3.63) is 320 Å². The van der Waals surface area contributed by atoms with E-state index in [0.29, 0.717) is 0 Å². The number of para-hydroxylation sites is 6. The van der Waals surface area contributed by atoms with Crippen LogP contribution in [0.3, 0.4) is 0 Å². The summed E-state index contributed by atoms with van der Waals surface area (Å²) in [6.07, 6.45) is 4.84. The smallest absolute Gasteiger partial charge is 0.164 e. The topological polar surface area (TPSA) is 129 Å². The zero-order chi connectivity index (χ0) is 64.1. The van der Waals surface area contributed by atoms with Crippen LogP contribution in [0.2, 0.25) is 0 Å². The predicted molar refractivity (Wildman–Crippen MR) is 381 cm³/mol. The molecule has 0 saturated heterocycles. The SMILES string of the molecule is CC(=O)C=C(C)O.Cc1[c-]c(-c2ccc3ccccc3n2)cc(C)c1.[Ir].c1ccc(-c2ccccc2-n2c(-c3cc(-c4nc5cccnc5n4-c4ccccc4-c4ccccc4)cc(-c4nc5cccnc5n4-c4ccccc4-c4ccccc4)c3)nc3ccccc32)cc1. The van der Waals surface area contributed by atoms with Crippen LogP contribution in [0, 0.1) is 19.9 Å². The molecule has 10 aromatic carbocycles. The third-order valence-corrected chi connectivity index (χ3v) is 16.2. The number of benzene rings is 10. The number of imidazole rings is 3. The van der Waals surface area contributed by atoms with Gasteiger partial charge < -0.3 is 5.11 Å². The minimum Gasteiger partial charge on any atom is -0.512 e. The van der Waals surface area contributed by atoms with Crippen molar-refractivity contribution in [2.75, 3.05) is 0 Å². The Hall–Kier alpha value is -11.8. The number of hydrogen-bond acceptors (Lipinski definition) is 8. The van der Waals surface area contributed by atoms with Crippen LogP contribution in [0.15, 0.2) is 303 Å². The van der Waals surface area contributed by atoms with E-state index in [1.807, 2.05) is 73.1 Å². The number of hydrogen-bond donors (Lipinski definition) is 1. The zero-order valence-electron chi connectivity index (χ0n) is 52.5. The summed E-state index contributed by atoms with van der Waals surface area (Å²) in [7, 11) is 0. The van der Waals surface area contributed by atoms with E-state index in [-0.39, 0.29) is 31.6 Å². The number of carbonyl (C=O) groups is 1. The third-order valence-electron chi connectivity index (χ3n) is 16.2. The number of pyridine rings is 3. The Morgan fingerprint density at radius 2 is 0.811 bits per heavy atom. The summed E-state index contributed by atoms with van der Waals surface area (Å²) in [6, 6.07) is 100.0. The van der Waals surface area contributed by atoms with Gasteiger partial charge in [-0.25, -0.2) is 24.9 Å². The van der Waals surface area contributed by atoms with Gasteiger partial charge in [-0.1, -0.05) is 202 Å². The predicted octanol–water partition coefficient (Wildman–Crippen LogP) is 19.8. The van der Waals surface area contributed by atoms with E-state index in [0.717, 1.165) is 140 Å². The molecule has 0 unspecified atom stereocenters. The first-order chi connectivity index (χ1) is 46.1. The van der Waals surface area contributed by atoms with Crippen molar-refractivity contribution in [2.24, 2.45) is 0 Å². The van der Waals surface area contributed by atoms with Crippen LogP contribution in [0.25, 0.3) is 140 Å². The number of aryl methyl sites for hydroxylation is 2. The number of carbonyl (C=O) groups excluding carboxylic acids is 1. The Kier molecular flexibility index (Phi) is 18.0. The molecule has 6 heterocycles. The summed E-state index contributed by atoms with van der Waals surface area (Å²) in [6.45, 7) is 7.02. The summed E-state index contributed by atoms with van der Waals surface area (Å²) >= 11 is 0. The fourth-order valence-electron chi connectivity index (χ4n) is 12.3. The normalized spacial score (nSPS) is 11.2. The number of aliphatic hydroxyl groups is 1. The molecule has 0 spiro atoms. The first-order valence-corrected chi connectivity index (χ1v) is 31.1. The summed E-state index contributed by atoms with van der Waals surface area (Å²) < 4.78 is 6.69. The summed E-state index contributed by atoms with van der Waals surface area (Å²) in [5.74, 6) is 2.17. The van der Waals surface area contributed by atoms with Crippen LogP contribution in [0.1, 0.15) is 25.0 Å². The minimum atomic E-state index is -0.125. The molecule has 6 aromatic heterocycles. The molecular formula is C83H62IrN9O2-. The maximum absolute atomic E-state index is 10.0. The molecular weight excluding hydrogens is 1350 g/mol. The quantitative estimate of drug-likeness (QED) is 0.0770. The summed E-state index contributed by atoms with van der Waals surface area (Å²) in [4.78, 5) is 41.1. The molecule has 95 heavy (non-hydrogen) atoms. The Labute approximate surface area is 564 Å². The second kappa shape index (κ2) is 27.6. The first-order valence-electron chi connectivity index (χ1n) is 31.1. The van der Waals surface area contributed by atoms with E-state index < -0.39 is 0 Å². The molecule has 12 heteroatoms. The molecule has 0 amide bonds. The standard InChI is InChI=1S/C61H40N8.C17H14N.C5H8O2.Ir/c1-4-20-41(21-5-1)47-26-10-14-32-53(47)67-56-35-17-13-29-50(56)64-57(67)44-38-45(58-65-51-30-18-36-62-60(51)68(58)54-33-15-11-27-48(54)42-22-6-2-7-23-42)40-46(39-44)59-66-52-31-19-37-63-61(52)69(59)55-34-16-12-28-49(55)43-24-8-3-9-25-43;1-12-9-13(2)11-15(10-12)17-8-7-14-5-3-4-6-16(14)18-17;1-4(6)3-5(2)7;/h1-40H;3-10H,1-2H3;3,6H,1-2H3;/q;-1;;. The largest absolute Gasteiger partial charge is 0.512 e. The number of fused-ring (bicyclic) bond motifs is 4. The van der Waals surface area contributed by atoms with Gasteiger partial charge >= 0.3 is 0 Å². The fraction of sp³-hybridized carbons (Fsp3) is 0.0482. The molecule has 1 radical (unpaired) electrons. The monoisotopic (exact) mass is 1410 g/mol. The van der Waals surface area contributed by atoms with E-state index in [1.54, 1.807) is 0 Å². The second-order valence-corrected chi connectivity index (χ2v) is 23.0. The van der Waals surface area contributed by atoms with Crippen molar-refractivity contribution < 1.29 is 30.0 Å². The van der Waals surface area contributed by atoms with E-state index in [1.165, 1.54) is 30.9 Å². The summed E-state index contributed by atoms with van der Waals surface area (Å²) in [5, 5.41) is 9.53. The Morgan fingerprint density at radius 1 is 0.400 bits per heavy atom. The third kappa shape index (κ3) is 12.9. The molecule has 461 valence electrons. The molecule has 0 saturated carbocycles. The van der Waals surface area contributed by atoms with E-state index in [4.69, 9.17) is 35.0 Å². The summed E-state index contributed by atoms with van der Waals surface area (Å²) in [5.41, 5.74) is 22.5. The van der Waals surface area contributed by atoms with Crippen molar-refractivity contribution in [3.63, 3.8) is 0 Å². The van der Waals surface area contributed by atoms with Crippen LogP contribution < -0.4 is 0 Å². The van der Waals surface area contributed by atoms with Crippen LogP contribution in [-0.2, 0) is 24.9 Å². The van der Waals surface area contributed by atoms with Crippen LogP contribution >= 0.6 is 0 Å². The number of rotatable bonds is 11. The van der Waals surface area contributed by atoms with Gasteiger partial charge in [0, 0.05) is 72.0 Å². The molecule has 16 rings (SSSR count). The molecule has 0 atom stereocenters. The number of allylic oxidation sites excluding steroid dienone is 2. The van der Waals surface area contributed by atoms with Crippen LogP contribution in [0.4, 0.5) is 0 Å². The van der Waals surface area contributed by atoms with Gasteiger partial charge in [0.2, 0.25) is 0 Å². The number of aliphatic hydroxyl groups excluding tert-OH is 1. The maximum Gasteiger partial charge on any atom is 0.164 e. The van der Waals surface area contributed by atoms with Gasteiger partial charge in [-0.3, -0.25) is 23.5 Å². The van der Waals surface area contributed by atoms with Gasteiger partial charge in [-0.05, 0) is 120 Å². The average molecular weight is 1410 g/mol. The van der Waals surface area contributed by atoms with Gasteiger partial charge in [0.1, 0.15) is 28.5 Å². The van der Waals surface area contributed by atoms with Gasteiger partial charge in [-0.2, -0.15) is 0 Å². The average Bonchev–Trinajstić information content (AvgIpc) is 1.63. The van der Waals surface area contributed by atoms with Gasteiger partial charge in [-0.15, -0.1) is 34.9 Å². The van der Waals surface area contributed by atoms with Gasteiger partial charge in [0.05, 0.1) is 39.4 Å². The molecule has 1 N–H and O–H groups in total. The van der Waals surface area contributed by atoms with Crippen LogP contribution in [0.5, 0.6) is 0 Å². The van der Waals surface area contributed by atoms with E-state index >= 15 is 0 Å². The second-order valence-electron chi connectivity index (χ2n) is 23.0. The molecule has 11 nitrogen and oxygen atoms in total. The Bertz CT molecular complexity index is 5030. The van der Waals surface area contributed by atoms with E-state index in [2.05, 4.69) is 252 Å². The van der Waals surface area contributed by atoms with Crippen molar-refractivity contribution in [1.82, 2.24) is 43.6 Å². The Morgan fingerprint density at radius 3 is 1.28 bits per heavy atom. The molecule has 16 aromatic rings. The van der Waals surface area contributed by atoms with Crippen molar-refractivity contribution >= 4 is 50.0 Å². The van der Waals surface area contributed by atoms with Crippen molar-refractivity contribution in [2.45, 2.75) is 27.7 Å². The number of aromatic nitrogens is 9. The van der Waals surface area contributed by atoms with Crippen molar-refractivity contribution in [1.29, 1.82) is 0 Å². The fourth-order valence-corrected chi connectivity index (χ4v) is 12.3. The van der Waals surface area contributed by atoms with Gasteiger partial charge in [0.15, 0.2) is 17.1 Å². The molecule has 0 aliphatic carbocycles. The van der Waals surface area contributed by atoms with E-state index in [9.17, 15) is 4.79 Å². The molecule has 0 bridgehead atoms. The van der Waals surface area contributed by atoms with Gasteiger partial charge in [0.25, 0.3) is 0 Å². The zero-order valence-corrected chi connectivity index (χ0v) is 54.9. The molecule has 0 aliphatic rings. The van der Waals surface area contributed by atoms with Crippen molar-refractivity contribution in [3.8, 4) is 95.9 Å². The first kappa shape index (κ1) is 62.0. The molecule has 0 fully saturated rings. The minimum absolute atomic E-state index is 0.